The fourth-order valence-corrected chi connectivity index (χ4v) is 6.35. The molecule has 0 aromatic rings. The smallest absolute Gasteiger partial charge is 0.0701 e. The van der Waals surface area contributed by atoms with Gasteiger partial charge in [0.15, 0.2) is 0 Å². The molecule has 0 saturated carbocycles. The summed E-state index contributed by atoms with van der Waals surface area (Å²) in [6, 6.07) is 0. The summed E-state index contributed by atoms with van der Waals surface area (Å²) in [7, 11) is 0. The Balaban J connectivity index is 3.05. The molecule has 0 aromatic carbocycles. The molecule has 0 aliphatic rings. The molecule has 0 aromatic heterocycles. The summed E-state index contributed by atoms with van der Waals surface area (Å²) in [6.07, 6.45) is 34.2. The van der Waals surface area contributed by atoms with Gasteiger partial charge in [0, 0.05) is 13.2 Å². The highest BCUT2D eigenvalue weighted by Gasteiger charge is 1.99. The van der Waals surface area contributed by atoms with Gasteiger partial charge in [-0.2, -0.15) is 0 Å². The van der Waals surface area contributed by atoms with Crippen LogP contribution in [0, 0.1) is 0 Å². The van der Waals surface area contributed by atoms with Crippen molar-refractivity contribution in [2.24, 2.45) is 0 Å². The average Bonchev–Trinajstić information content (AvgIpc) is 3.22. The van der Waals surface area contributed by atoms with Crippen molar-refractivity contribution in [3.8, 4) is 0 Å². The van der Waals surface area contributed by atoms with E-state index in [1.165, 1.54) is 148 Å². The van der Waals surface area contributed by atoms with E-state index >= 15 is 0 Å². The van der Waals surface area contributed by atoms with Crippen LogP contribution >= 0.6 is 0 Å². The maximum atomic E-state index is 5.69. The Morgan fingerprint density at radius 1 is 0.140 bits per heavy atom. The minimum atomic E-state index is 0.536. The molecule has 0 N–H and O–H groups in total. The first kappa shape index (κ1) is 56.6. The topological polar surface area (TPSA) is 92.3 Å². The molecule has 0 rings (SSSR count). The van der Waals surface area contributed by atoms with Gasteiger partial charge in [0.1, 0.15) is 0 Å². The van der Waals surface area contributed by atoms with Crippen molar-refractivity contribution in [1.82, 2.24) is 0 Å². The van der Waals surface area contributed by atoms with Crippen LogP contribution in [0.2, 0.25) is 0 Å². The highest BCUT2D eigenvalue weighted by atomic mass is 16.6. The molecular formula is C47H96O10. The summed E-state index contributed by atoms with van der Waals surface area (Å²) in [5, 5.41) is 0. The minimum absolute atomic E-state index is 0.536. The number of ether oxygens (including phenoxy) is 10. The molecule has 0 fully saturated rings. The summed E-state index contributed by atoms with van der Waals surface area (Å²) in [6.45, 7) is 16.5. The molecule has 344 valence electrons. The summed E-state index contributed by atoms with van der Waals surface area (Å²) < 4.78 is 55.8. The van der Waals surface area contributed by atoms with Crippen LogP contribution in [0.4, 0.5) is 0 Å². The van der Waals surface area contributed by atoms with Crippen molar-refractivity contribution in [3.63, 3.8) is 0 Å². The van der Waals surface area contributed by atoms with Gasteiger partial charge in [-0.1, -0.05) is 162 Å². The van der Waals surface area contributed by atoms with E-state index < -0.39 is 0 Å². The first-order valence-corrected chi connectivity index (χ1v) is 24.2. The third-order valence-corrected chi connectivity index (χ3v) is 9.88. The van der Waals surface area contributed by atoms with Crippen LogP contribution in [0.15, 0.2) is 0 Å². The van der Waals surface area contributed by atoms with Crippen LogP contribution in [0.25, 0.3) is 0 Å². The van der Waals surface area contributed by atoms with E-state index in [1.54, 1.807) is 0 Å². The zero-order chi connectivity index (χ0) is 40.9. The van der Waals surface area contributed by atoms with Crippen molar-refractivity contribution in [2.75, 3.05) is 132 Å². The van der Waals surface area contributed by atoms with E-state index in [0.29, 0.717) is 119 Å². The van der Waals surface area contributed by atoms with Crippen LogP contribution in [-0.4, -0.2) is 132 Å². The minimum Gasteiger partial charge on any atom is -0.379 e. The summed E-state index contributed by atoms with van der Waals surface area (Å²) in [5.41, 5.74) is 0. The molecule has 0 amide bonds. The maximum Gasteiger partial charge on any atom is 0.0701 e. The van der Waals surface area contributed by atoms with E-state index in [9.17, 15) is 0 Å². The molecule has 0 saturated heterocycles. The molecule has 0 spiro atoms. The maximum absolute atomic E-state index is 5.69. The van der Waals surface area contributed by atoms with E-state index in [1.807, 2.05) is 0 Å². The summed E-state index contributed by atoms with van der Waals surface area (Å²) >= 11 is 0. The van der Waals surface area contributed by atoms with Crippen LogP contribution < -0.4 is 0 Å². The Bertz CT molecular complexity index is 620. The fraction of sp³-hybridized carbons (Fsp3) is 1.00. The molecule has 0 unspecified atom stereocenters. The molecule has 0 radical (unpaired) electrons. The summed E-state index contributed by atoms with van der Waals surface area (Å²) in [4.78, 5) is 0. The van der Waals surface area contributed by atoms with E-state index in [-0.39, 0.29) is 0 Å². The normalized spacial score (nSPS) is 11.7. The molecule has 0 atom stereocenters. The second-order valence-electron chi connectivity index (χ2n) is 15.3. The number of unbranched alkanes of at least 4 members (excludes halogenated alkanes) is 23. The first-order chi connectivity index (χ1) is 28.4. The Morgan fingerprint density at radius 3 is 0.421 bits per heavy atom. The van der Waals surface area contributed by atoms with Gasteiger partial charge in [-0.3, -0.25) is 0 Å². The number of hydrogen-bond donors (Lipinski definition) is 0. The van der Waals surface area contributed by atoms with Gasteiger partial charge in [0.05, 0.1) is 119 Å². The van der Waals surface area contributed by atoms with Gasteiger partial charge >= 0.3 is 0 Å². The summed E-state index contributed by atoms with van der Waals surface area (Å²) in [5.74, 6) is 0. The zero-order valence-corrected chi connectivity index (χ0v) is 37.9. The fourth-order valence-electron chi connectivity index (χ4n) is 6.35. The Labute approximate surface area is 353 Å². The van der Waals surface area contributed by atoms with E-state index in [0.717, 1.165) is 26.1 Å². The lowest BCUT2D eigenvalue weighted by atomic mass is 10.0. The van der Waals surface area contributed by atoms with Gasteiger partial charge < -0.3 is 47.4 Å². The van der Waals surface area contributed by atoms with Gasteiger partial charge in [0.2, 0.25) is 0 Å². The predicted molar refractivity (Wildman–Crippen MR) is 235 cm³/mol. The zero-order valence-electron chi connectivity index (χ0n) is 37.9. The molecule has 0 heterocycles. The first-order valence-electron chi connectivity index (χ1n) is 24.2. The van der Waals surface area contributed by atoms with Crippen molar-refractivity contribution in [2.45, 2.75) is 174 Å². The SMILES string of the molecule is CCCCCCCCCCCCCCCCOCCOCCOCCOCCOCCOCCOCCOCCOCCOCCCCCCCCCCCCC. The average molecular weight is 821 g/mol. The standard InChI is InChI=1S/C47H96O10/c1-3-5-7-9-11-13-15-16-17-19-21-23-25-27-29-49-31-33-51-35-37-53-39-41-55-43-45-57-47-46-56-44-42-54-40-38-52-36-34-50-32-30-48-28-26-24-22-20-18-14-12-10-8-6-4-2/h3-47H2,1-2H3. The lowest BCUT2D eigenvalue weighted by Gasteiger charge is -2.09. The van der Waals surface area contributed by atoms with Crippen molar-refractivity contribution in [1.29, 1.82) is 0 Å². The van der Waals surface area contributed by atoms with Gasteiger partial charge in [0.25, 0.3) is 0 Å². The largest absolute Gasteiger partial charge is 0.379 e. The molecule has 10 nitrogen and oxygen atoms in total. The van der Waals surface area contributed by atoms with E-state index in [2.05, 4.69) is 13.8 Å². The number of hydrogen-bond acceptors (Lipinski definition) is 10. The second kappa shape index (κ2) is 55.6. The van der Waals surface area contributed by atoms with Crippen molar-refractivity contribution >= 4 is 0 Å². The van der Waals surface area contributed by atoms with Gasteiger partial charge in [-0.15, -0.1) is 0 Å². The molecule has 0 bridgehead atoms. The molecule has 57 heavy (non-hydrogen) atoms. The van der Waals surface area contributed by atoms with Crippen LogP contribution in [-0.2, 0) is 47.4 Å². The van der Waals surface area contributed by atoms with Gasteiger partial charge in [-0.05, 0) is 12.8 Å². The molecule has 10 heteroatoms. The Morgan fingerprint density at radius 2 is 0.263 bits per heavy atom. The lowest BCUT2D eigenvalue weighted by Crippen LogP contribution is -2.15. The quantitative estimate of drug-likeness (QED) is 0.0552. The van der Waals surface area contributed by atoms with Crippen LogP contribution in [0.3, 0.4) is 0 Å². The Kier molecular flexibility index (Phi) is 55.2. The van der Waals surface area contributed by atoms with Crippen molar-refractivity contribution in [3.05, 3.63) is 0 Å². The lowest BCUT2D eigenvalue weighted by molar-refractivity contribution is -0.0264. The molecule has 0 aliphatic heterocycles. The van der Waals surface area contributed by atoms with Crippen LogP contribution in [0.1, 0.15) is 174 Å². The molecule has 0 aliphatic carbocycles. The second-order valence-corrected chi connectivity index (χ2v) is 15.3. The Hall–Kier alpha value is -0.400. The van der Waals surface area contributed by atoms with Gasteiger partial charge in [-0.25, -0.2) is 0 Å². The van der Waals surface area contributed by atoms with E-state index in [4.69, 9.17) is 47.4 Å². The predicted octanol–water partition coefficient (Wildman–Crippen LogP) is 10.9. The third-order valence-electron chi connectivity index (χ3n) is 9.88. The van der Waals surface area contributed by atoms with Crippen LogP contribution in [0.5, 0.6) is 0 Å². The highest BCUT2D eigenvalue weighted by molar-refractivity contribution is 4.50. The monoisotopic (exact) mass is 821 g/mol. The van der Waals surface area contributed by atoms with Crippen molar-refractivity contribution < 1.29 is 47.4 Å². The highest BCUT2D eigenvalue weighted by Crippen LogP contribution is 2.13. The third kappa shape index (κ3) is 55.6. The molecular weight excluding hydrogens is 725 g/mol. The number of rotatable bonds is 54.